The van der Waals surface area contributed by atoms with E-state index in [0.717, 1.165) is 0 Å². The minimum absolute atomic E-state index is 1.17. The Morgan fingerprint density at radius 2 is 0.727 bits per heavy atom. The summed E-state index contributed by atoms with van der Waals surface area (Å²) in [6.07, 6.45) is 16.0. The molecule has 0 unspecified atom stereocenters. The van der Waals surface area contributed by atoms with E-state index < -0.39 is 16.1 Å². The summed E-state index contributed by atoms with van der Waals surface area (Å²) in [6, 6.07) is 40.6. The quantitative estimate of drug-likeness (QED) is 0.132. The van der Waals surface area contributed by atoms with Crippen LogP contribution in [-0.4, -0.2) is 26.1 Å². The maximum absolute atomic E-state index is 4.09. The molecule has 0 aliphatic heterocycles. The van der Waals surface area contributed by atoms with Crippen molar-refractivity contribution < 1.29 is 0 Å². The van der Waals surface area contributed by atoms with Crippen molar-refractivity contribution in [1.82, 2.24) is 9.97 Å². The van der Waals surface area contributed by atoms with Crippen molar-refractivity contribution in [2.75, 3.05) is 0 Å². The molecule has 0 radical (unpaired) electrons. The van der Waals surface area contributed by atoms with E-state index in [-0.39, 0.29) is 0 Å². The van der Waals surface area contributed by atoms with E-state index in [0.29, 0.717) is 0 Å². The minimum Gasteiger partial charge on any atom is -0.265 e. The second-order valence-corrected chi connectivity index (χ2v) is 23.6. The summed E-state index contributed by atoms with van der Waals surface area (Å²) in [4.78, 5) is 8.19. The van der Waals surface area contributed by atoms with E-state index >= 15 is 0 Å². The Kier molecular flexibility index (Phi) is 10.4. The van der Waals surface area contributed by atoms with E-state index in [4.69, 9.17) is 0 Å². The first-order valence-electron chi connectivity index (χ1n) is 15.6. The third kappa shape index (κ3) is 9.97. The highest BCUT2D eigenvalue weighted by atomic mass is 28.3. The third-order valence-electron chi connectivity index (χ3n) is 8.03. The highest BCUT2D eigenvalue weighted by Gasteiger charge is 2.24. The summed E-state index contributed by atoms with van der Waals surface area (Å²) in [7, 11) is -2.94. The van der Waals surface area contributed by atoms with E-state index in [1.807, 2.05) is 49.1 Å². The topological polar surface area (TPSA) is 25.8 Å². The molecule has 5 rings (SSSR count). The fourth-order valence-corrected chi connectivity index (χ4v) is 11.6. The number of rotatable bonds is 12. The van der Waals surface area contributed by atoms with Gasteiger partial charge in [-0.15, -0.1) is 0 Å². The predicted molar refractivity (Wildman–Crippen MR) is 195 cm³/mol. The fraction of sp³-hybridized carbons (Fsp3) is 0.200. The van der Waals surface area contributed by atoms with Gasteiger partial charge in [0, 0.05) is 24.8 Å². The summed E-state index contributed by atoms with van der Waals surface area (Å²) < 4.78 is 0. The number of benzene rings is 3. The molecule has 3 aromatic carbocycles. The lowest BCUT2D eigenvalue weighted by atomic mass is 10.1. The van der Waals surface area contributed by atoms with Gasteiger partial charge in [0.25, 0.3) is 0 Å². The number of aromatic nitrogens is 2. The average molecular weight is 609 g/mol. The van der Waals surface area contributed by atoms with Crippen LogP contribution in [0.5, 0.6) is 0 Å². The van der Waals surface area contributed by atoms with Crippen molar-refractivity contribution in [2.24, 2.45) is 0 Å². The summed E-state index contributed by atoms with van der Waals surface area (Å²) in [5, 5.41) is 0. The Hall–Kier alpha value is -4.13. The Balaban J connectivity index is 1.15. The molecule has 44 heavy (non-hydrogen) atoms. The maximum Gasteiger partial charge on any atom is 0.0561 e. The van der Waals surface area contributed by atoms with Crippen LogP contribution in [0.2, 0.25) is 26.2 Å². The molecule has 0 aliphatic rings. The van der Waals surface area contributed by atoms with Gasteiger partial charge in [0.2, 0.25) is 0 Å². The van der Waals surface area contributed by atoms with Gasteiger partial charge < -0.3 is 0 Å². The standard InChI is InChI=1S/C40H44N2Si2/c1-43(2,29-37-16-12-33(13-17-37)8-10-35-20-24-41-25-21-35)31-39-6-5-7-40(28-39)32-44(3,4)30-38-18-14-34(15-19-38)9-11-36-22-26-42-27-23-36/h5-28H,29-32H2,1-4H3/b10-8-,11-9+. The molecular formula is C40H44N2Si2. The fourth-order valence-electron chi connectivity index (χ4n) is 6.01. The molecule has 5 aromatic rings. The zero-order valence-electron chi connectivity index (χ0n) is 26.6. The van der Waals surface area contributed by atoms with Crippen molar-refractivity contribution in [3.8, 4) is 0 Å². The van der Waals surface area contributed by atoms with Gasteiger partial charge in [0.15, 0.2) is 0 Å². The van der Waals surface area contributed by atoms with Crippen molar-refractivity contribution >= 4 is 40.5 Å². The Labute approximate surface area is 266 Å². The van der Waals surface area contributed by atoms with Crippen molar-refractivity contribution in [3.05, 3.63) is 166 Å². The highest BCUT2D eigenvalue weighted by molar-refractivity contribution is 6.76. The molecule has 2 aromatic heterocycles. The zero-order chi connectivity index (χ0) is 30.8. The smallest absolute Gasteiger partial charge is 0.0561 e. The van der Waals surface area contributed by atoms with Crippen LogP contribution in [0, 0.1) is 0 Å². The van der Waals surface area contributed by atoms with E-state index in [9.17, 15) is 0 Å². The van der Waals surface area contributed by atoms with Crippen molar-refractivity contribution in [2.45, 2.75) is 50.4 Å². The molecule has 222 valence electrons. The highest BCUT2D eigenvalue weighted by Crippen LogP contribution is 2.23. The molecule has 0 atom stereocenters. The summed E-state index contributed by atoms with van der Waals surface area (Å²) in [5.74, 6) is 0. The van der Waals surface area contributed by atoms with Gasteiger partial charge in [-0.25, -0.2) is 0 Å². The second kappa shape index (κ2) is 14.6. The van der Waals surface area contributed by atoms with Gasteiger partial charge >= 0.3 is 0 Å². The Morgan fingerprint density at radius 3 is 1.09 bits per heavy atom. The molecule has 0 saturated carbocycles. The number of hydrogen-bond acceptors (Lipinski definition) is 2. The van der Waals surface area contributed by atoms with Gasteiger partial charge in [-0.1, -0.05) is 146 Å². The van der Waals surface area contributed by atoms with Crippen LogP contribution in [0.4, 0.5) is 0 Å². The second-order valence-electron chi connectivity index (χ2n) is 13.6. The SMILES string of the molecule is C[Si](C)(Cc1ccc(/C=C\c2ccncc2)cc1)Cc1cccc(C[Si](C)(C)Cc2ccc(/C=C/c3ccncc3)cc2)c1. The Morgan fingerprint density at radius 1 is 0.409 bits per heavy atom. The predicted octanol–water partition coefficient (Wildman–Crippen LogP) is 9.96. The number of nitrogens with zero attached hydrogens (tertiary/aromatic N) is 2. The van der Waals surface area contributed by atoms with Crippen LogP contribution in [0.3, 0.4) is 0 Å². The van der Waals surface area contributed by atoms with Gasteiger partial charge in [-0.2, -0.15) is 0 Å². The average Bonchev–Trinajstić information content (AvgIpc) is 3.01. The molecule has 2 heterocycles. The summed E-state index contributed by atoms with van der Waals surface area (Å²) in [6.45, 7) is 10.1. The van der Waals surface area contributed by atoms with Crippen LogP contribution in [0.25, 0.3) is 24.3 Å². The normalized spacial score (nSPS) is 12.3. The van der Waals surface area contributed by atoms with Crippen LogP contribution >= 0.6 is 0 Å². The zero-order valence-corrected chi connectivity index (χ0v) is 28.6. The molecule has 2 nitrogen and oxygen atoms in total. The maximum atomic E-state index is 4.09. The first-order chi connectivity index (χ1) is 21.2. The lowest BCUT2D eigenvalue weighted by Gasteiger charge is -2.25. The number of pyridine rings is 2. The molecular weight excluding hydrogens is 565 g/mol. The summed E-state index contributed by atoms with van der Waals surface area (Å²) >= 11 is 0. The first kappa shape index (κ1) is 31.3. The molecule has 0 saturated heterocycles. The van der Waals surface area contributed by atoms with E-state index in [1.54, 1.807) is 0 Å². The molecule has 0 amide bonds. The van der Waals surface area contributed by atoms with Gasteiger partial charge in [0.1, 0.15) is 0 Å². The van der Waals surface area contributed by atoms with Gasteiger partial charge in [0.05, 0.1) is 16.1 Å². The van der Waals surface area contributed by atoms with Crippen LogP contribution in [-0.2, 0) is 24.2 Å². The molecule has 0 N–H and O–H groups in total. The van der Waals surface area contributed by atoms with Gasteiger partial charge in [-0.3, -0.25) is 9.97 Å². The largest absolute Gasteiger partial charge is 0.265 e. The van der Waals surface area contributed by atoms with Crippen LogP contribution in [0.1, 0.15) is 44.5 Å². The van der Waals surface area contributed by atoms with Crippen molar-refractivity contribution in [1.29, 1.82) is 0 Å². The molecule has 0 spiro atoms. The van der Waals surface area contributed by atoms with E-state index in [2.05, 4.69) is 133 Å². The van der Waals surface area contributed by atoms with Crippen LogP contribution < -0.4 is 0 Å². The monoisotopic (exact) mass is 608 g/mol. The molecule has 0 fully saturated rings. The van der Waals surface area contributed by atoms with Crippen LogP contribution in [0.15, 0.2) is 122 Å². The Bertz CT molecular complexity index is 1550. The lowest BCUT2D eigenvalue weighted by molar-refractivity contribution is 1.17. The molecule has 0 bridgehead atoms. The van der Waals surface area contributed by atoms with E-state index in [1.165, 1.54) is 68.7 Å². The third-order valence-corrected chi connectivity index (χ3v) is 13.5. The number of hydrogen-bond donors (Lipinski definition) is 0. The summed E-state index contributed by atoms with van der Waals surface area (Å²) in [5.41, 5.74) is 10.7. The molecule has 0 aliphatic carbocycles. The molecule has 4 heteroatoms. The minimum atomic E-state index is -1.47. The lowest BCUT2D eigenvalue weighted by Crippen LogP contribution is -2.34. The van der Waals surface area contributed by atoms with Crippen molar-refractivity contribution in [3.63, 3.8) is 0 Å². The first-order valence-corrected chi connectivity index (χ1v) is 22.5. The van der Waals surface area contributed by atoms with Gasteiger partial charge in [-0.05, 0) is 70.7 Å².